The number of methoxy groups -OCH3 is 1. The van der Waals surface area contributed by atoms with Crippen LogP contribution in [-0.2, 0) is 9.53 Å². The maximum absolute atomic E-state index is 11.2. The molecule has 0 saturated carbocycles. The molecule has 0 saturated heterocycles. The van der Waals surface area contributed by atoms with E-state index < -0.39 is 11.9 Å². The van der Waals surface area contributed by atoms with Crippen molar-refractivity contribution in [2.24, 2.45) is 0 Å². The Bertz CT molecular complexity index is 322. The van der Waals surface area contributed by atoms with E-state index in [1.165, 1.54) is 13.2 Å². The van der Waals surface area contributed by atoms with Gasteiger partial charge in [0, 0.05) is 5.56 Å². The van der Waals surface area contributed by atoms with E-state index >= 15 is 0 Å². The predicted octanol–water partition coefficient (Wildman–Crippen LogP) is 0.641. The molecule has 4 nitrogen and oxygen atoms in total. The van der Waals surface area contributed by atoms with Crippen molar-refractivity contribution in [2.45, 2.75) is 5.92 Å². The van der Waals surface area contributed by atoms with Gasteiger partial charge in [0.2, 0.25) is 0 Å². The summed E-state index contributed by atoms with van der Waals surface area (Å²) in [7, 11) is 1.24. The van der Waals surface area contributed by atoms with Gasteiger partial charge in [-0.05, 0) is 6.07 Å². The average Bonchev–Trinajstić information content (AvgIpc) is 2.21. The zero-order valence-corrected chi connectivity index (χ0v) is 7.80. The molecule has 0 radical (unpaired) electrons. The molecule has 0 amide bonds. The van der Waals surface area contributed by atoms with E-state index in [1.54, 1.807) is 18.2 Å². The number of phenolic OH excluding ortho intramolecular Hbond substituents is 1. The minimum atomic E-state index is -0.818. The molecule has 0 aliphatic heterocycles. The van der Waals surface area contributed by atoms with Crippen LogP contribution in [0.2, 0.25) is 0 Å². The molecule has 0 aliphatic carbocycles. The summed E-state index contributed by atoms with van der Waals surface area (Å²) in [5, 5.41) is 18.4. The van der Waals surface area contributed by atoms with Gasteiger partial charge in [0.15, 0.2) is 0 Å². The van der Waals surface area contributed by atoms with Crippen molar-refractivity contribution in [3.05, 3.63) is 29.8 Å². The number of para-hydroxylation sites is 1. The SMILES string of the molecule is COC(=O)C(CO)c1ccccc1O. The third-order valence-corrected chi connectivity index (χ3v) is 1.98. The predicted molar refractivity (Wildman–Crippen MR) is 49.9 cm³/mol. The summed E-state index contributed by atoms with van der Waals surface area (Å²) >= 11 is 0. The Balaban J connectivity index is 3.01. The van der Waals surface area contributed by atoms with Crippen LogP contribution in [0, 0.1) is 0 Å². The highest BCUT2D eigenvalue weighted by atomic mass is 16.5. The lowest BCUT2D eigenvalue weighted by Crippen LogP contribution is -2.17. The van der Waals surface area contributed by atoms with Crippen molar-refractivity contribution in [3.63, 3.8) is 0 Å². The fraction of sp³-hybridized carbons (Fsp3) is 0.300. The van der Waals surface area contributed by atoms with Crippen molar-refractivity contribution in [1.82, 2.24) is 0 Å². The Morgan fingerprint density at radius 3 is 2.64 bits per heavy atom. The molecule has 1 aromatic rings. The molecule has 1 unspecified atom stereocenters. The van der Waals surface area contributed by atoms with E-state index in [0.29, 0.717) is 5.56 Å². The largest absolute Gasteiger partial charge is 0.508 e. The van der Waals surface area contributed by atoms with Crippen molar-refractivity contribution in [2.75, 3.05) is 13.7 Å². The molecule has 0 fully saturated rings. The molecule has 1 atom stereocenters. The Labute approximate surface area is 81.8 Å². The van der Waals surface area contributed by atoms with Crippen LogP contribution in [-0.4, -0.2) is 29.9 Å². The first kappa shape index (κ1) is 10.5. The van der Waals surface area contributed by atoms with Crippen LogP contribution in [0.4, 0.5) is 0 Å². The summed E-state index contributed by atoms with van der Waals surface area (Å²) in [5.41, 5.74) is 0.377. The van der Waals surface area contributed by atoms with E-state index in [4.69, 9.17) is 5.11 Å². The van der Waals surface area contributed by atoms with Crippen LogP contribution >= 0.6 is 0 Å². The summed E-state index contributed by atoms with van der Waals surface area (Å²) in [4.78, 5) is 11.2. The second-order valence-corrected chi connectivity index (χ2v) is 2.82. The van der Waals surface area contributed by atoms with Gasteiger partial charge in [0.25, 0.3) is 0 Å². The number of ether oxygens (including phenoxy) is 1. The highest BCUT2D eigenvalue weighted by Gasteiger charge is 2.22. The molecule has 1 aromatic carbocycles. The van der Waals surface area contributed by atoms with Crippen LogP contribution in [0.15, 0.2) is 24.3 Å². The lowest BCUT2D eigenvalue weighted by molar-refractivity contribution is -0.143. The van der Waals surface area contributed by atoms with Crippen LogP contribution in [0.25, 0.3) is 0 Å². The Morgan fingerprint density at radius 2 is 2.14 bits per heavy atom. The van der Waals surface area contributed by atoms with Crippen LogP contribution < -0.4 is 0 Å². The van der Waals surface area contributed by atoms with Gasteiger partial charge >= 0.3 is 5.97 Å². The molecule has 0 spiro atoms. The lowest BCUT2D eigenvalue weighted by Gasteiger charge is -2.12. The van der Waals surface area contributed by atoms with Crippen LogP contribution in [0.3, 0.4) is 0 Å². The van der Waals surface area contributed by atoms with Gasteiger partial charge in [-0.3, -0.25) is 4.79 Å². The smallest absolute Gasteiger partial charge is 0.315 e. The summed E-state index contributed by atoms with van der Waals surface area (Å²) in [6, 6.07) is 6.36. The number of hydrogen-bond donors (Lipinski definition) is 2. The Kier molecular flexibility index (Phi) is 3.48. The molecule has 2 N–H and O–H groups in total. The summed E-state index contributed by atoms with van der Waals surface area (Å²) in [5.74, 6) is -1.40. The summed E-state index contributed by atoms with van der Waals surface area (Å²) < 4.78 is 4.50. The Morgan fingerprint density at radius 1 is 1.50 bits per heavy atom. The van der Waals surface area contributed by atoms with E-state index in [-0.39, 0.29) is 12.4 Å². The molecule has 76 valence electrons. The van der Waals surface area contributed by atoms with Gasteiger partial charge in [0.05, 0.1) is 13.7 Å². The number of hydrogen-bond acceptors (Lipinski definition) is 4. The molecular formula is C10H12O4. The van der Waals surface area contributed by atoms with Gasteiger partial charge in [-0.25, -0.2) is 0 Å². The van der Waals surface area contributed by atoms with Gasteiger partial charge in [0.1, 0.15) is 11.7 Å². The van der Waals surface area contributed by atoms with Gasteiger partial charge in [-0.15, -0.1) is 0 Å². The molecule has 0 aliphatic rings. The van der Waals surface area contributed by atoms with E-state index in [2.05, 4.69) is 4.74 Å². The molecule has 0 bridgehead atoms. The van der Waals surface area contributed by atoms with Crippen molar-refractivity contribution >= 4 is 5.97 Å². The highest BCUT2D eigenvalue weighted by Crippen LogP contribution is 2.25. The van der Waals surface area contributed by atoms with E-state index in [1.807, 2.05) is 0 Å². The zero-order chi connectivity index (χ0) is 10.6. The maximum Gasteiger partial charge on any atom is 0.315 e. The monoisotopic (exact) mass is 196 g/mol. The average molecular weight is 196 g/mol. The molecule has 14 heavy (non-hydrogen) atoms. The van der Waals surface area contributed by atoms with Gasteiger partial charge < -0.3 is 14.9 Å². The van der Waals surface area contributed by atoms with Crippen molar-refractivity contribution in [3.8, 4) is 5.75 Å². The Hall–Kier alpha value is -1.55. The van der Waals surface area contributed by atoms with Crippen LogP contribution in [0.5, 0.6) is 5.75 Å². The number of aliphatic hydroxyl groups is 1. The molecular weight excluding hydrogens is 184 g/mol. The number of aliphatic hydroxyl groups excluding tert-OH is 1. The van der Waals surface area contributed by atoms with Crippen molar-refractivity contribution in [1.29, 1.82) is 0 Å². The van der Waals surface area contributed by atoms with Gasteiger partial charge in [-0.1, -0.05) is 18.2 Å². The van der Waals surface area contributed by atoms with Crippen molar-refractivity contribution < 1.29 is 19.7 Å². The standard InChI is InChI=1S/C10H12O4/c1-14-10(13)8(6-11)7-4-2-3-5-9(7)12/h2-5,8,11-12H,6H2,1H3. The number of esters is 1. The second-order valence-electron chi connectivity index (χ2n) is 2.82. The number of benzene rings is 1. The zero-order valence-electron chi connectivity index (χ0n) is 7.80. The third-order valence-electron chi connectivity index (χ3n) is 1.98. The fourth-order valence-corrected chi connectivity index (χ4v) is 1.22. The second kappa shape index (κ2) is 4.62. The maximum atomic E-state index is 11.2. The molecule has 0 aromatic heterocycles. The van der Waals surface area contributed by atoms with Gasteiger partial charge in [-0.2, -0.15) is 0 Å². The lowest BCUT2D eigenvalue weighted by atomic mass is 9.99. The number of carbonyl (C=O) groups excluding carboxylic acids is 1. The topological polar surface area (TPSA) is 66.8 Å². The van der Waals surface area contributed by atoms with E-state index in [0.717, 1.165) is 0 Å². The first-order chi connectivity index (χ1) is 6.70. The minimum absolute atomic E-state index is 0.0167. The third kappa shape index (κ3) is 2.03. The van der Waals surface area contributed by atoms with Crippen LogP contribution in [0.1, 0.15) is 11.5 Å². The first-order valence-corrected chi connectivity index (χ1v) is 4.17. The molecule has 1 rings (SSSR count). The quantitative estimate of drug-likeness (QED) is 0.696. The van der Waals surface area contributed by atoms with E-state index in [9.17, 15) is 9.90 Å². The number of aromatic hydroxyl groups is 1. The highest BCUT2D eigenvalue weighted by molar-refractivity contribution is 5.79. The normalized spacial score (nSPS) is 12.1. The summed E-state index contributed by atoms with van der Waals surface area (Å²) in [6.07, 6.45) is 0. The number of rotatable bonds is 3. The minimum Gasteiger partial charge on any atom is -0.508 e. The summed E-state index contributed by atoms with van der Waals surface area (Å²) in [6.45, 7) is -0.385. The number of phenols is 1. The first-order valence-electron chi connectivity index (χ1n) is 4.17. The molecule has 4 heteroatoms. The fourth-order valence-electron chi connectivity index (χ4n) is 1.22. The number of carbonyl (C=O) groups is 1. The molecule has 0 heterocycles.